The highest BCUT2D eigenvalue weighted by Gasteiger charge is 2.07. The molecule has 1 N–H and O–H groups in total. The molecule has 2 rings (SSSR count). The molecule has 0 amide bonds. The zero-order valence-electron chi connectivity index (χ0n) is 12.0. The molecule has 0 radical (unpaired) electrons. The second kappa shape index (κ2) is 8.15. The van der Waals surface area contributed by atoms with Crippen molar-refractivity contribution < 1.29 is 9.13 Å². The number of ether oxygens (including phenoxy) is 1. The van der Waals surface area contributed by atoms with Crippen molar-refractivity contribution in [3.63, 3.8) is 0 Å². The highest BCUT2D eigenvalue weighted by Crippen LogP contribution is 2.24. The van der Waals surface area contributed by atoms with Gasteiger partial charge in [-0.05, 0) is 41.0 Å². The standard InChI is InChI=1S/C17H19BrFNO/c1-2-10-20-11-13-6-3-4-9-16(13)21-12-14-7-5-8-15(19)17(14)18/h3-9,20H,2,10-12H2,1H3. The van der Waals surface area contributed by atoms with Gasteiger partial charge in [0.25, 0.3) is 0 Å². The van der Waals surface area contributed by atoms with Crippen molar-refractivity contribution in [1.82, 2.24) is 5.32 Å². The highest BCUT2D eigenvalue weighted by molar-refractivity contribution is 9.10. The normalized spacial score (nSPS) is 10.6. The summed E-state index contributed by atoms with van der Waals surface area (Å²) in [5.41, 5.74) is 1.91. The molecular weight excluding hydrogens is 333 g/mol. The lowest BCUT2D eigenvalue weighted by molar-refractivity contribution is 0.300. The average molecular weight is 352 g/mol. The van der Waals surface area contributed by atoms with E-state index in [1.165, 1.54) is 6.07 Å². The number of benzene rings is 2. The van der Waals surface area contributed by atoms with E-state index in [4.69, 9.17) is 4.74 Å². The second-order valence-electron chi connectivity index (χ2n) is 4.79. The van der Waals surface area contributed by atoms with E-state index in [1.54, 1.807) is 6.07 Å². The van der Waals surface area contributed by atoms with Crippen molar-refractivity contribution in [2.75, 3.05) is 6.54 Å². The molecule has 0 atom stereocenters. The summed E-state index contributed by atoms with van der Waals surface area (Å²) in [6, 6.07) is 12.9. The Bertz CT molecular complexity index is 589. The zero-order chi connectivity index (χ0) is 15.1. The minimum atomic E-state index is -0.269. The topological polar surface area (TPSA) is 21.3 Å². The van der Waals surface area contributed by atoms with Crippen LogP contribution in [0, 0.1) is 5.82 Å². The summed E-state index contributed by atoms with van der Waals surface area (Å²) >= 11 is 3.26. The van der Waals surface area contributed by atoms with Crippen molar-refractivity contribution >= 4 is 15.9 Å². The first kappa shape index (κ1) is 16.0. The van der Waals surface area contributed by atoms with Crippen molar-refractivity contribution in [3.05, 3.63) is 63.9 Å². The van der Waals surface area contributed by atoms with Crippen LogP contribution in [0.2, 0.25) is 0 Å². The van der Waals surface area contributed by atoms with Gasteiger partial charge in [-0.2, -0.15) is 0 Å². The van der Waals surface area contributed by atoms with Gasteiger partial charge in [0.05, 0.1) is 4.47 Å². The SMILES string of the molecule is CCCNCc1ccccc1OCc1cccc(F)c1Br. The molecule has 0 bridgehead atoms. The van der Waals surface area contributed by atoms with Crippen LogP contribution < -0.4 is 10.1 Å². The van der Waals surface area contributed by atoms with E-state index in [2.05, 4.69) is 28.2 Å². The van der Waals surface area contributed by atoms with E-state index >= 15 is 0 Å². The maximum absolute atomic E-state index is 13.5. The van der Waals surface area contributed by atoms with Gasteiger partial charge >= 0.3 is 0 Å². The quantitative estimate of drug-likeness (QED) is 0.732. The lowest BCUT2D eigenvalue weighted by atomic mass is 10.2. The molecule has 0 spiro atoms. The third kappa shape index (κ3) is 4.55. The fourth-order valence-corrected chi connectivity index (χ4v) is 2.38. The van der Waals surface area contributed by atoms with Crippen LogP contribution in [-0.2, 0) is 13.2 Å². The van der Waals surface area contributed by atoms with E-state index in [1.807, 2.05) is 30.3 Å². The molecule has 0 aromatic heterocycles. The fourth-order valence-electron chi connectivity index (χ4n) is 2.01. The number of hydrogen-bond donors (Lipinski definition) is 1. The van der Waals surface area contributed by atoms with Crippen LogP contribution in [0.5, 0.6) is 5.75 Å². The Morgan fingerprint density at radius 3 is 2.67 bits per heavy atom. The van der Waals surface area contributed by atoms with E-state index in [0.717, 1.165) is 36.4 Å². The first-order chi connectivity index (χ1) is 10.2. The minimum absolute atomic E-state index is 0.269. The molecule has 0 unspecified atom stereocenters. The second-order valence-corrected chi connectivity index (χ2v) is 5.58. The van der Waals surface area contributed by atoms with Gasteiger partial charge in [0, 0.05) is 17.7 Å². The van der Waals surface area contributed by atoms with Crippen LogP contribution in [-0.4, -0.2) is 6.54 Å². The lowest BCUT2D eigenvalue weighted by Crippen LogP contribution is -2.14. The minimum Gasteiger partial charge on any atom is -0.489 e. The van der Waals surface area contributed by atoms with E-state index in [9.17, 15) is 4.39 Å². The van der Waals surface area contributed by atoms with E-state index in [0.29, 0.717) is 11.1 Å². The van der Waals surface area contributed by atoms with Crippen LogP contribution >= 0.6 is 15.9 Å². The van der Waals surface area contributed by atoms with Crippen molar-refractivity contribution in [2.24, 2.45) is 0 Å². The van der Waals surface area contributed by atoms with Gasteiger partial charge in [0.15, 0.2) is 0 Å². The monoisotopic (exact) mass is 351 g/mol. The first-order valence-corrected chi connectivity index (χ1v) is 7.86. The Hall–Kier alpha value is -1.39. The van der Waals surface area contributed by atoms with Crippen LogP contribution in [0.4, 0.5) is 4.39 Å². The molecule has 0 heterocycles. The lowest BCUT2D eigenvalue weighted by Gasteiger charge is -2.13. The van der Waals surface area contributed by atoms with Gasteiger partial charge in [-0.1, -0.05) is 37.3 Å². The van der Waals surface area contributed by atoms with E-state index in [-0.39, 0.29) is 5.82 Å². The number of para-hydroxylation sites is 1. The van der Waals surface area contributed by atoms with Gasteiger partial charge in [0.1, 0.15) is 18.2 Å². The maximum atomic E-state index is 13.5. The Morgan fingerprint density at radius 1 is 1.10 bits per heavy atom. The summed E-state index contributed by atoms with van der Waals surface area (Å²) in [6.45, 7) is 4.22. The number of hydrogen-bond acceptors (Lipinski definition) is 2. The summed E-state index contributed by atoms with van der Waals surface area (Å²) in [6.07, 6.45) is 1.10. The molecule has 2 nitrogen and oxygen atoms in total. The molecule has 0 aliphatic heterocycles. The van der Waals surface area contributed by atoms with Gasteiger partial charge in [-0.15, -0.1) is 0 Å². The van der Waals surface area contributed by atoms with Gasteiger partial charge in [0.2, 0.25) is 0 Å². The Labute approximate surface area is 133 Å². The average Bonchev–Trinajstić information content (AvgIpc) is 2.50. The summed E-state index contributed by atoms with van der Waals surface area (Å²) in [5, 5.41) is 3.36. The summed E-state index contributed by atoms with van der Waals surface area (Å²) in [7, 11) is 0. The Morgan fingerprint density at radius 2 is 1.86 bits per heavy atom. The van der Waals surface area contributed by atoms with Gasteiger partial charge in [-0.25, -0.2) is 4.39 Å². The van der Waals surface area contributed by atoms with Crippen LogP contribution in [0.25, 0.3) is 0 Å². The number of nitrogens with one attached hydrogen (secondary N) is 1. The van der Waals surface area contributed by atoms with E-state index < -0.39 is 0 Å². The molecule has 0 saturated heterocycles. The zero-order valence-corrected chi connectivity index (χ0v) is 13.6. The molecule has 0 aliphatic carbocycles. The highest BCUT2D eigenvalue weighted by atomic mass is 79.9. The third-order valence-corrected chi connectivity index (χ3v) is 4.02. The van der Waals surface area contributed by atoms with Crippen molar-refractivity contribution in [1.29, 1.82) is 0 Å². The largest absolute Gasteiger partial charge is 0.489 e. The predicted octanol–water partition coefficient (Wildman–Crippen LogP) is 4.67. The molecule has 21 heavy (non-hydrogen) atoms. The summed E-state index contributed by atoms with van der Waals surface area (Å²) < 4.78 is 19.8. The number of halogens is 2. The molecule has 112 valence electrons. The molecular formula is C17H19BrFNO. The maximum Gasteiger partial charge on any atom is 0.137 e. The molecule has 0 aliphatic rings. The fraction of sp³-hybridized carbons (Fsp3) is 0.294. The Kier molecular flexibility index (Phi) is 6.21. The third-order valence-electron chi connectivity index (χ3n) is 3.13. The first-order valence-electron chi connectivity index (χ1n) is 7.06. The molecule has 4 heteroatoms. The molecule has 0 saturated carbocycles. The van der Waals surface area contributed by atoms with Crippen LogP contribution in [0.3, 0.4) is 0 Å². The van der Waals surface area contributed by atoms with Crippen molar-refractivity contribution in [2.45, 2.75) is 26.5 Å². The Balaban J connectivity index is 2.04. The van der Waals surface area contributed by atoms with Crippen molar-refractivity contribution in [3.8, 4) is 5.75 Å². The molecule has 0 fully saturated rings. The summed E-state index contributed by atoms with van der Waals surface area (Å²) in [5.74, 6) is 0.561. The van der Waals surface area contributed by atoms with Gasteiger partial charge in [-0.3, -0.25) is 0 Å². The van der Waals surface area contributed by atoms with Crippen LogP contribution in [0.1, 0.15) is 24.5 Å². The molecule has 2 aromatic carbocycles. The predicted molar refractivity (Wildman–Crippen MR) is 86.9 cm³/mol. The van der Waals surface area contributed by atoms with Gasteiger partial charge < -0.3 is 10.1 Å². The smallest absolute Gasteiger partial charge is 0.137 e. The molecule has 2 aromatic rings. The van der Waals surface area contributed by atoms with Crippen LogP contribution in [0.15, 0.2) is 46.9 Å². The summed E-state index contributed by atoms with van der Waals surface area (Å²) in [4.78, 5) is 0. The number of rotatable bonds is 7.